The summed E-state index contributed by atoms with van der Waals surface area (Å²) in [6, 6.07) is 31.8. The van der Waals surface area contributed by atoms with Crippen molar-refractivity contribution in [3.8, 4) is 28.1 Å². The third kappa shape index (κ3) is 3.03. The topological polar surface area (TPSA) is 34.9 Å². The van der Waals surface area contributed by atoms with Gasteiger partial charge in [-0.05, 0) is 40.6 Å². The molecule has 0 N–H and O–H groups in total. The van der Waals surface area contributed by atoms with E-state index >= 15 is 0 Å². The minimum Gasteiger partial charge on any atom is -0.284 e. The summed E-state index contributed by atoms with van der Waals surface area (Å²) in [6.45, 7) is 0. The van der Waals surface area contributed by atoms with Gasteiger partial charge in [0.05, 0.1) is 11.4 Å². The predicted molar refractivity (Wildman–Crippen MR) is 118 cm³/mol. The number of nitrogens with zero attached hydrogens (tertiary/aromatic N) is 2. The van der Waals surface area contributed by atoms with Crippen molar-refractivity contribution in [2.75, 3.05) is 0 Å². The van der Waals surface area contributed by atoms with Crippen LogP contribution in [-0.2, 0) is 0 Å². The van der Waals surface area contributed by atoms with E-state index in [4.69, 9.17) is 0 Å². The molecular formula is C26H18N2O. The van der Waals surface area contributed by atoms with Crippen molar-refractivity contribution in [2.45, 2.75) is 0 Å². The molecule has 3 heteroatoms. The molecule has 0 fully saturated rings. The van der Waals surface area contributed by atoms with E-state index in [1.54, 1.807) is 22.9 Å². The van der Waals surface area contributed by atoms with E-state index in [0.29, 0.717) is 0 Å². The maximum Gasteiger partial charge on any atom is 0.255 e. The SMILES string of the molecule is O=c1ccccn1-c1cccc(-c2ccccn2)c1-c1cccc2ccccc12. The van der Waals surface area contributed by atoms with Crippen LogP contribution in [0.5, 0.6) is 0 Å². The van der Waals surface area contributed by atoms with E-state index in [2.05, 4.69) is 41.4 Å². The van der Waals surface area contributed by atoms with Crippen molar-refractivity contribution in [3.05, 3.63) is 120 Å². The van der Waals surface area contributed by atoms with Crippen LogP contribution in [0.25, 0.3) is 38.8 Å². The molecule has 0 atom stereocenters. The Morgan fingerprint density at radius 1 is 0.655 bits per heavy atom. The molecule has 2 aromatic heterocycles. The van der Waals surface area contributed by atoms with Gasteiger partial charge in [0.25, 0.3) is 5.56 Å². The first-order chi connectivity index (χ1) is 14.3. The molecule has 0 unspecified atom stereocenters. The second kappa shape index (κ2) is 7.21. The van der Waals surface area contributed by atoms with Crippen LogP contribution in [0.15, 0.2) is 114 Å². The zero-order chi connectivity index (χ0) is 19.6. The fourth-order valence-electron chi connectivity index (χ4n) is 3.83. The summed E-state index contributed by atoms with van der Waals surface area (Å²) < 4.78 is 1.70. The predicted octanol–water partition coefficient (Wildman–Crippen LogP) is 5.72. The lowest BCUT2D eigenvalue weighted by molar-refractivity contribution is 0.993. The summed E-state index contributed by atoms with van der Waals surface area (Å²) in [6.07, 6.45) is 3.61. The number of pyridine rings is 2. The van der Waals surface area contributed by atoms with Crippen molar-refractivity contribution < 1.29 is 0 Å². The molecule has 0 aliphatic rings. The van der Waals surface area contributed by atoms with Gasteiger partial charge >= 0.3 is 0 Å². The fourth-order valence-corrected chi connectivity index (χ4v) is 3.83. The smallest absolute Gasteiger partial charge is 0.255 e. The first-order valence-electron chi connectivity index (χ1n) is 9.53. The van der Waals surface area contributed by atoms with Crippen LogP contribution in [0, 0.1) is 0 Å². The standard InChI is InChI=1S/C26H18N2O/c29-25-16-4-6-18-28(25)24-15-8-13-22(23-14-3-5-17-27-23)26(24)21-12-7-10-19-9-1-2-11-20(19)21/h1-18H. The molecule has 2 heterocycles. The van der Waals surface area contributed by atoms with Crippen LogP contribution in [-0.4, -0.2) is 9.55 Å². The second-order valence-corrected chi connectivity index (χ2v) is 6.85. The third-order valence-corrected chi connectivity index (χ3v) is 5.12. The van der Waals surface area contributed by atoms with E-state index in [1.807, 2.05) is 54.7 Å². The molecule has 0 saturated heterocycles. The van der Waals surface area contributed by atoms with Crippen LogP contribution in [0.2, 0.25) is 0 Å². The molecule has 3 nitrogen and oxygen atoms in total. The zero-order valence-corrected chi connectivity index (χ0v) is 15.7. The highest BCUT2D eigenvalue weighted by Gasteiger charge is 2.17. The molecule has 5 aromatic rings. The zero-order valence-electron chi connectivity index (χ0n) is 15.7. The van der Waals surface area contributed by atoms with Crippen molar-refractivity contribution in [1.82, 2.24) is 9.55 Å². The Bertz CT molecular complexity index is 1370. The fraction of sp³-hybridized carbons (Fsp3) is 0. The summed E-state index contributed by atoms with van der Waals surface area (Å²) in [7, 11) is 0. The van der Waals surface area contributed by atoms with Gasteiger partial charge in [-0.3, -0.25) is 14.3 Å². The largest absolute Gasteiger partial charge is 0.284 e. The highest BCUT2D eigenvalue weighted by Crippen LogP contribution is 2.39. The van der Waals surface area contributed by atoms with Gasteiger partial charge in [-0.1, -0.05) is 66.7 Å². The number of hydrogen-bond acceptors (Lipinski definition) is 2. The number of hydrogen-bond donors (Lipinski definition) is 0. The maximum atomic E-state index is 12.7. The molecule has 3 aromatic carbocycles. The molecule has 0 radical (unpaired) electrons. The second-order valence-electron chi connectivity index (χ2n) is 6.85. The Hall–Kier alpha value is -3.98. The first-order valence-corrected chi connectivity index (χ1v) is 9.53. The molecule has 29 heavy (non-hydrogen) atoms. The first kappa shape index (κ1) is 17.1. The molecule has 0 saturated carbocycles. The lowest BCUT2D eigenvalue weighted by Gasteiger charge is -2.18. The van der Waals surface area contributed by atoms with Crippen molar-refractivity contribution in [3.63, 3.8) is 0 Å². The van der Waals surface area contributed by atoms with E-state index < -0.39 is 0 Å². The van der Waals surface area contributed by atoms with Gasteiger partial charge in [0.15, 0.2) is 0 Å². The summed E-state index contributed by atoms with van der Waals surface area (Å²) >= 11 is 0. The molecule has 0 amide bonds. The molecule has 0 aliphatic carbocycles. The number of fused-ring (bicyclic) bond motifs is 1. The maximum absolute atomic E-state index is 12.7. The van der Waals surface area contributed by atoms with Gasteiger partial charge in [-0.15, -0.1) is 0 Å². The highest BCUT2D eigenvalue weighted by molar-refractivity contribution is 6.02. The van der Waals surface area contributed by atoms with E-state index in [0.717, 1.165) is 38.8 Å². The van der Waals surface area contributed by atoms with Crippen LogP contribution in [0.4, 0.5) is 0 Å². The molecule has 0 bridgehead atoms. The van der Waals surface area contributed by atoms with E-state index in [9.17, 15) is 4.79 Å². The van der Waals surface area contributed by atoms with Crippen molar-refractivity contribution in [1.29, 1.82) is 0 Å². The third-order valence-electron chi connectivity index (χ3n) is 5.12. The van der Waals surface area contributed by atoms with Crippen molar-refractivity contribution in [2.24, 2.45) is 0 Å². The summed E-state index contributed by atoms with van der Waals surface area (Å²) in [5, 5.41) is 2.30. The van der Waals surface area contributed by atoms with Gasteiger partial charge in [-0.25, -0.2) is 0 Å². The lowest BCUT2D eigenvalue weighted by atomic mass is 9.91. The molecule has 138 valence electrons. The van der Waals surface area contributed by atoms with Gasteiger partial charge in [0.2, 0.25) is 0 Å². The minimum absolute atomic E-state index is 0.0628. The van der Waals surface area contributed by atoms with Crippen molar-refractivity contribution >= 4 is 10.8 Å². The molecular weight excluding hydrogens is 356 g/mol. The minimum atomic E-state index is -0.0628. The van der Waals surface area contributed by atoms with Crippen LogP contribution >= 0.6 is 0 Å². The van der Waals surface area contributed by atoms with Gasteiger partial charge < -0.3 is 0 Å². The van der Waals surface area contributed by atoms with Gasteiger partial charge in [0, 0.05) is 29.6 Å². The highest BCUT2D eigenvalue weighted by atomic mass is 16.1. The summed E-state index contributed by atoms with van der Waals surface area (Å²) in [5.74, 6) is 0. The summed E-state index contributed by atoms with van der Waals surface area (Å²) in [5.41, 5.74) is 4.73. The number of rotatable bonds is 3. The Balaban J connectivity index is 1.92. The van der Waals surface area contributed by atoms with Crippen LogP contribution < -0.4 is 5.56 Å². The number of benzene rings is 3. The Morgan fingerprint density at radius 2 is 1.41 bits per heavy atom. The van der Waals surface area contributed by atoms with E-state index in [1.165, 1.54) is 0 Å². The molecule has 0 aliphatic heterocycles. The summed E-state index contributed by atoms with van der Waals surface area (Å²) in [4.78, 5) is 17.2. The van der Waals surface area contributed by atoms with Crippen LogP contribution in [0.1, 0.15) is 0 Å². The normalized spacial score (nSPS) is 10.9. The van der Waals surface area contributed by atoms with E-state index in [-0.39, 0.29) is 5.56 Å². The van der Waals surface area contributed by atoms with Crippen LogP contribution in [0.3, 0.4) is 0 Å². The Kier molecular flexibility index (Phi) is 4.26. The lowest BCUT2D eigenvalue weighted by Crippen LogP contribution is -2.16. The molecule has 5 rings (SSSR count). The number of aromatic nitrogens is 2. The van der Waals surface area contributed by atoms with Gasteiger partial charge in [0.1, 0.15) is 0 Å². The average Bonchev–Trinajstić information content (AvgIpc) is 2.79. The quantitative estimate of drug-likeness (QED) is 0.405. The molecule has 0 spiro atoms. The Morgan fingerprint density at radius 3 is 2.28 bits per heavy atom. The monoisotopic (exact) mass is 374 g/mol. The Labute approximate surface area is 168 Å². The van der Waals surface area contributed by atoms with Gasteiger partial charge in [-0.2, -0.15) is 0 Å². The average molecular weight is 374 g/mol.